The summed E-state index contributed by atoms with van der Waals surface area (Å²) in [6, 6.07) is 21.2. The average Bonchev–Trinajstić information content (AvgIpc) is 3.47. The van der Waals surface area contributed by atoms with E-state index in [1.165, 1.54) is 52.5 Å². The molecule has 162 valence electrons. The summed E-state index contributed by atoms with van der Waals surface area (Å²) in [4.78, 5) is 10.4. The Hall–Kier alpha value is -3.74. The Morgan fingerprint density at radius 1 is 0.559 bits per heavy atom. The highest BCUT2D eigenvalue weighted by atomic mass is 32.9. The highest BCUT2D eigenvalue weighted by molar-refractivity contribution is 7.75. The molecule has 0 aliphatic rings. The van der Waals surface area contributed by atoms with Crippen LogP contribution in [0.1, 0.15) is 0 Å². The predicted octanol–water partition coefficient (Wildman–Crippen LogP) is 8.13. The number of rotatable bonds is 2. The topological polar surface area (TPSA) is 44.2 Å². The normalized spacial score (nSPS) is 12.4. The Kier molecular flexibility index (Phi) is 3.53. The molecule has 0 N–H and O–H groups in total. The summed E-state index contributed by atoms with van der Waals surface area (Å²) in [6.45, 7) is 0. The van der Waals surface area contributed by atoms with Gasteiger partial charge in [-0.2, -0.15) is 0 Å². The summed E-state index contributed by atoms with van der Waals surface area (Å²) < 4.78 is 13.8. The zero-order valence-corrected chi connectivity index (χ0v) is 19.9. The monoisotopic (exact) mass is 476 g/mol. The molecule has 0 unspecified atom stereocenters. The minimum Gasteiger partial charge on any atom is -0.493 e. The summed E-state index contributed by atoms with van der Waals surface area (Å²) in [5, 5.41) is 10.0. The van der Waals surface area contributed by atoms with Crippen LogP contribution in [0.3, 0.4) is 0 Å². The fraction of sp³-hybridized carbons (Fsp3) is 0.0714. The zero-order chi connectivity index (χ0) is 22.6. The first-order valence-electron chi connectivity index (χ1n) is 11.0. The number of methoxy groups -OCH3 is 2. The number of nitrogens with zero attached hydrogens (tertiary/aromatic N) is 2. The van der Waals surface area contributed by atoms with Gasteiger partial charge in [-0.05, 0) is 10.8 Å². The lowest BCUT2D eigenvalue weighted by Crippen LogP contribution is -1.93. The van der Waals surface area contributed by atoms with Crippen molar-refractivity contribution in [1.29, 1.82) is 0 Å². The molecule has 8 rings (SSSR count). The van der Waals surface area contributed by atoms with E-state index in [0.717, 1.165) is 22.1 Å². The van der Waals surface area contributed by atoms with Gasteiger partial charge in [0.2, 0.25) is 0 Å². The second-order valence-electron chi connectivity index (χ2n) is 8.53. The summed E-state index contributed by atoms with van der Waals surface area (Å²) in [6.07, 6.45) is 0. The molecule has 6 aromatic carbocycles. The zero-order valence-electron chi connectivity index (χ0n) is 18.3. The molecule has 8 aromatic rings. The minimum absolute atomic E-state index is 0.656. The molecule has 2 heterocycles. The summed E-state index contributed by atoms with van der Waals surface area (Å²) in [7, 11) is 7.04. The van der Waals surface area contributed by atoms with Gasteiger partial charge in [-0.3, -0.25) is 0 Å². The third-order valence-electron chi connectivity index (χ3n) is 6.94. The number of benzene rings is 5. The Labute approximate surface area is 200 Å². The first-order valence-corrected chi connectivity index (χ1v) is 13.2. The van der Waals surface area contributed by atoms with Crippen LogP contribution in [0.2, 0.25) is 0 Å². The lowest BCUT2D eigenvalue weighted by molar-refractivity contribution is 0.355. The maximum atomic E-state index is 5.55. The highest BCUT2D eigenvalue weighted by Gasteiger charge is 2.25. The molecule has 0 amide bonds. The van der Waals surface area contributed by atoms with Crippen LogP contribution in [0.25, 0.3) is 74.6 Å². The van der Waals surface area contributed by atoms with Gasteiger partial charge in [-0.1, -0.05) is 69.2 Å². The standard InChI is InChI=1S/C28H16N2O2S2/c1-31-19-11-17-18(12-20(19)32-2)30-26-22-14-8-4-6-10-16(14)28-24-23(22)21(25(26)29-17)13-7-3-5-9-15(13)27(24)33-34-28/h3-12H,1-2H3. The molecule has 34 heavy (non-hydrogen) atoms. The molecule has 0 aliphatic carbocycles. The molecule has 0 spiro atoms. The third kappa shape index (κ3) is 2.13. The van der Waals surface area contributed by atoms with Crippen molar-refractivity contribution < 1.29 is 9.47 Å². The van der Waals surface area contributed by atoms with Crippen LogP contribution < -0.4 is 9.47 Å². The van der Waals surface area contributed by atoms with Crippen LogP contribution in [-0.2, 0) is 0 Å². The van der Waals surface area contributed by atoms with Gasteiger partial charge in [-0.15, -0.1) is 0 Å². The van der Waals surface area contributed by atoms with Gasteiger partial charge in [0.15, 0.2) is 11.5 Å². The Morgan fingerprint density at radius 3 is 1.44 bits per heavy atom. The van der Waals surface area contributed by atoms with Crippen molar-refractivity contribution in [2.75, 3.05) is 14.2 Å². The first kappa shape index (κ1) is 18.7. The van der Waals surface area contributed by atoms with Crippen LogP contribution in [-0.4, -0.2) is 24.2 Å². The second kappa shape index (κ2) is 6.44. The number of ether oxygens (including phenoxy) is 2. The van der Waals surface area contributed by atoms with Crippen molar-refractivity contribution in [2.45, 2.75) is 0 Å². The van der Waals surface area contributed by atoms with Crippen molar-refractivity contribution in [1.82, 2.24) is 9.97 Å². The van der Waals surface area contributed by atoms with E-state index in [2.05, 4.69) is 48.5 Å². The van der Waals surface area contributed by atoms with Gasteiger partial charge >= 0.3 is 0 Å². The van der Waals surface area contributed by atoms with Crippen molar-refractivity contribution in [3.63, 3.8) is 0 Å². The Balaban J connectivity index is 1.75. The van der Waals surface area contributed by atoms with Gasteiger partial charge in [0.05, 0.1) is 45.7 Å². The molecule has 0 radical (unpaired) electrons. The SMILES string of the molecule is COc1cc2nc3c(nc2cc1OC)c1c2ccccc2c2ssc4c5ccccc5c3c1c42. The van der Waals surface area contributed by atoms with Crippen LogP contribution >= 0.6 is 20.7 Å². The maximum absolute atomic E-state index is 5.55. The van der Waals surface area contributed by atoms with E-state index in [9.17, 15) is 0 Å². The molecule has 0 bridgehead atoms. The largest absolute Gasteiger partial charge is 0.493 e. The molecule has 0 atom stereocenters. The third-order valence-corrected chi connectivity index (χ3v) is 9.45. The van der Waals surface area contributed by atoms with E-state index >= 15 is 0 Å². The molecule has 2 aromatic heterocycles. The van der Waals surface area contributed by atoms with Gasteiger partial charge < -0.3 is 9.47 Å². The van der Waals surface area contributed by atoms with E-state index in [4.69, 9.17) is 19.4 Å². The minimum atomic E-state index is 0.656. The first-order chi connectivity index (χ1) is 16.8. The van der Waals surface area contributed by atoms with E-state index in [1.807, 2.05) is 32.8 Å². The van der Waals surface area contributed by atoms with Crippen molar-refractivity contribution in [3.8, 4) is 11.5 Å². The molecular formula is C28H16N2O2S2. The summed E-state index contributed by atoms with van der Waals surface area (Å²) in [5.74, 6) is 1.31. The lowest BCUT2D eigenvalue weighted by Gasteiger charge is -2.08. The molecular weight excluding hydrogens is 460 g/mol. The second-order valence-corrected chi connectivity index (χ2v) is 10.7. The quantitative estimate of drug-likeness (QED) is 0.187. The molecule has 4 nitrogen and oxygen atoms in total. The van der Waals surface area contributed by atoms with Crippen molar-refractivity contribution in [3.05, 3.63) is 60.7 Å². The highest BCUT2D eigenvalue weighted by Crippen LogP contribution is 2.53. The molecule has 0 saturated carbocycles. The van der Waals surface area contributed by atoms with Gasteiger partial charge in [0.1, 0.15) is 0 Å². The molecule has 0 aliphatic heterocycles. The summed E-state index contributed by atoms with van der Waals surface area (Å²) in [5.41, 5.74) is 3.49. The number of fused-ring (bicyclic) bond motifs is 10. The molecule has 6 heteroatoms. The maximum Gasteiger partial charge on any atom is 0.163 e. The average molecular weight is 477 g/mol. The fourth-order valence-corrected chi connectivity index (χ4v) is 8.40. The van der Waals surface area contributed by atoms with E-state index in [0.29, 0.717) is 11.5 Å². The smallest absolute Gasteiger partial charge is 0.163 e. The van der Waals surface area contributed by atoms with Crippen LogP contribution in [0.5, 0.6) is 11.5 Å². The van der Waals surface area contributed by atoms with E-state index < -0.39 is 0 Å². The number of aromatic nitrogens is 2. The lowest BCUT2D eigenvalue weighted by atomic mass is 9.96. The molecule has 0 fully saturated rings. The Morgan fingerprint density at radius 2 is 1.00 bits per heavy atom. The van der Waals surface area contributed by atoms with E-state index in [-0.39, 0.29) is 0 Å². The number of hydrogen-bond donors (Lipinski definition) is 0. The Bertz CT molecular complexity index is 1960. The van der Waals surface area contributed by atoms with Crippen LogP contribution in [0.4, 0.5) is 0 Å². The van der Waals surface area contributed by atoms with Crippen LogP contribution in [0.15, 0.2) is 60.7 Å². The summed E-state index contributed by atoms with van der Waals surface area (Å²) >= 11 is 0. The van der Waals surface area contributed by atoms with Gasteiger partial charge in [-0.25, -0.2) is 9.97 Å². The fourth-order valence-electron chi connectivity index (χ4n) is 5.52. The molecule has 0 saturated heterocycles. The number of hydrogen-bond acceptors (Lipinski definition) is 6. The van der Waals surface area contributed by atoms with E-state index in [1.54, 1.807) is 14.2 Å². The predicted molar refractivity (Wildman–Crippen MR) is 145 cm³/mol. The van der Waals surface area contributed by atoms with Crippen molar-refractivity contribution in [2.24, 2.45) is 0 Å². The van der Waals surface area contributed by atoms with Crippen LogP contribution in [0, 0.1) is 0 Å². The van der Waals surface area contributed by atoms with Gasteiger partial charge in [0, 0.05) is 44.5 Å². The van der Waals surface area contributed by atoms with Gasteiger partial charge in [0.25, 0.3) is 0 Å². The van der Waals surface area contributed by atoms with Crippen molar-refractivity contribution >= 4 is 95.2 Å².